The van der Waals surface area contributed by atoms with E-state index in [0.29, 0.717) is 36.9 Å². The van der Waals surface area contributed by atoms with Gasteiger partial charge in [0.05, 0.1) is 38.8 Å². The number of nitrogens with zero attached hydrogens (tertiary/aromatic N) is 2. The fourth-order valence-corrected chi connectivity index (χ4v) is 4.42. The Morgan fingerprint density at radius 2 is 1.94 bits per heavy atom. The summed E-state index contributed by atoms with van der Waals surface area (Å²) in [6.45, 7) is 1.36. The van der Waals surface area contributed by atoms with Gasteiger partial charge in [-0.3, -0.25) is 14.6 Å². The molecule has 1 N–H and O–H groups in total. The molecule has 0 aliphatic carbocycles. The molecule has 4 bridgehead atoms. The second kappa shape index (κ2) is 10.8. The highest BCUT2D eigenvalue weighted by atomic mass is 19.4. The highest BCUT2D eigenvalue weighted by molar-refractivity contribution is 5.78. The van der Waals surface area contributed by atoms with Gasteiger partial charge < -0.3 is 19.5 Å². The van der Waals surface area contributed by atoms with Crippen LogP contribution in [-0.4, -0.2) is 74.4 Å². The van der Waals surface area contributed by atoms with E-state index in [1.165, 1.54) is 0 Å². The number of likely N-dealkylation sites (tertiary alicyclic amines) is 1. The third kappa shape index (κ3) is 7.09. The number of hydrogen-bond acceptors (Lipinski definition) is 6. The lowest BCUT2D eigenvalue weighted by molar-refractivity contribution is -0.137. The highest BCUT2D eigenvalue weighted by Crippen LogP contribution is 2.33. The Bertz CT molecular complexity index is 1030. The van der Waals surface area contributed by atoms with Gasteiger partial charge in [0.1, 0.15) is 5.75 Å². The number of methoxy groups -OCH3 is 1. The molecule has 2 aliphatic heterocycles. The number of alkyl halides is 3. The molecule has 0 spiro atoms. The second-order valence-electron chi connectivity index (χ2n) is 9.06. The summed E-state index contributed by atoms with van der Waals surface area (Å²) < 4.78 is 55.9. The van der Waals surface area contributed by atoms with Crippen molar-refractivity contribution in [3.63, 3.8) is 0 Å². The maximum Gasteiger partial charge on any atom is 0.390 e. The molecule has 2 aromatic rings. The van der Waals surface area contributed by atoms with Gasteiger partial charge in [0.2, 0.25) is 5.91 Å². The minimum Gasteiger partial charge on any atom is -0.493 e. The molecule has 7 nitrogen and oxygen atoms in total. The zero-order valence-electron chi connectivity index (χ0n) is 19.8. The highest BCUT2D eigenvalue weighted by Gasteiger charge is 2.37. The average Bonchev–Trinajstić information content (AvgIpc) is 3.17. The normalized spacial score (nSPS) is 22.3. The summed E-state index contributed by atoms with van der Waals surface area (Å²) in [4.78, 5) is 16.3. The predicted octanol–water partition coefficient (Wildman–Crippen LogP) is 3.57. The van der Waals surface area contributed by atoms with E-state index in [4.69, 9.17) is 14.2 Å². The number of benzene rings is 2. The maximum atomic E-state index is 12.8. The van der Waals surface area contributed by atoms with Crippen molar-refractivity contribution in [1.82, 2.24) is 15.1 Å². The Labute approximate surface area is 202 Å². The number of likely N-dealkylation sites (N-methyl/N-ethyl adjacent to an activating group) is 1. The Morgan fingerprint density at radius 3 is 2.71 bits per heavy atom. The van der Waals surface area contributed by atoms with Gasteiger partial charge in [-0.15, -0.1) is 0 Å². The van der Waals surface area contributed by atoms with Crippen LogP contribution in [0, 0.1) is 0 Å². The smallest absolute Gasteiger partial charge is 0.390 e. The van der Waals surface area contributed by atoms with Crippen LogP contribution in [0.4, 0.5) is 13.2 Å². The van der Waals surface area contributed by atoms with Crippen molar-refractivity contribution in [3.05, 3.63) is 53.6 Å². The molecule has 1 saturated heterocycles. The van der Waals surface area contributed by atoms with Crippen molar-refractivity contribution in [3.8, 4) is 17.2 Å². The topological polar surface area (TPSA) is 63.3 Å². The molecule has 0 unspecified atom stereocenters. The van der Waals surface area contributed by atoms with E-state index in [-0.39, 0.29) is 25.6 Å². The van der Waals surface area contributed by atoms with Crippen LogP contribution in [0.5, 0.6) is 17.2 Å². The Balaban J connectivity index is 1.56. The molecule has 0 saturated carbocycles. The van der Waals surface area contributed by atoms with Crippen LogP contribution in [0.25, 0.3) is 0 Å². The lowest BCUT2D eigenvalue weighted by atomic mass is 10.1. The van der Waals surface area contributed by atoms with Gasteiger partial charge in [0.25, 0.3) is 0 Å². The maximum absolute atomic E-state index is 12.8. The van der Waals surface area contributed by atoms with E-state index in [1.54, 1.807) is 12.0 Å². The molecule has 2 atom stereocenters. The largest absolute Gasteiger partial charge is 0.493 e. The third-order valence-corrected chi connectivity index (χ3v) is 6.08. The zero-order valence-corrected chi connectivity index (χ0v) is 19.8. The van der Waals surface area contributed by atoms with Crippen molar-refractivity contribution in [1.29, 1.82) is 0 Å². The minimum absolute atomic E-state index is 0.129. The van der Waals surface area contributed by atoms with Gasteiger partial charge in [-0.05, 0) is 42.4 Å². The number of ether oxygens (including phenoxy) is 3. The van der Waals surface area contributed by atoms with Crippen LogP contribution < -0.4 is 14.8 Å². The number of fused-ring (bicyclic) bond motifs is 5. The number of halogens is 3. The molecule has 1 amide bonds. The molecular weight excluding hydrogens is 463 g/mol. The molecule has 2 heterocycles. The summed E-state index contributed by atoms with van der Waals surface area (Å²) in [6, 6.07) is 12.7. The van der Waals surface area contributed by atoms with E-state index in [9.17, 15) is 18.0 Å². The van der Waals surface area contributed by atoms with Crippen LogP contribution in [-0.2, 0) is 22.7 Å². The Hall–Kier alpha value is -2.82. The number of carbonyl (C=O) groups excluding carboxylic acids is 1. The zero-order chi connectivity index (χ0) is 25.0. The van der Waals surface area contributed by atoms with E-state index in [0.717, 1.165) is 11.1 Å². The predicted molar refractivity (Wildman–Crippen MR) is 123 cm³/mol. The quantitative estimate of drug-likeness (QED) is 0.706. The molecule has 0 radical (unpaired) electrons. The molecule has 1 fully saturated rings. The second-order valence-corrected chi connectivity index (χ2v) is 9.06. The van der Waals surface area contributed by atoms with Crippen LogP contribution in [0.15, 0.2) is 42.5 Å². The first kappa shape index (κ1) is 25.3. The molecule has 4 rings (SSSR count). The lowest BCUT2D eigenvalue weighted by Gasteiger charge is -2.23. The van der Waals surface area contributed by atoms with E-state index in [1.807, 2.05) is 54.4 Å². The SMILES string of the molecule is COc1ccc2cc1Oc1cccc(c1)CO[C@H]1CN(CCC(F)(F)F)C[C@@H]1NC(=O)CN(C)C2. The molecule has 190 valence electrons. The summed E-state index contributed by atoms with van der Waals surface area (Å²) in [7, 11) is 3.40. The lowest BCUT2D eigenvalue weighted by Crippen LogP contribution is -2.47. The van der Waals surface area contributed by atoms with Crippen molar-refractivity contribution in [2.75, 3.05) is 40.3 Å². The minimum atomic E-state index is -4.23. The number of hydrogen-bond donors (Lipinski definition) is 1. The first-order valence-electron chi connectivity index (χ1n) is 11.5. The monoisotopic (exact) mass is 493 g/mol. The summed E-state index contributed by atoms with van der Waals surface area (Å²) in [5, 5.41) is 2.98. The number of carbonyl (C=O) groups is 1. The van der Waals surface area contributed by atoms with Crippen LogP contribution in [0.2, 0.25) is 0 Å². The van der Waals surface area contributed by atoms with Gasteiger partial charge in [-0.1, -0.05) is 18.2 Å². The first-order chi connectivity index (χ1) is 16.7. The van der Waals surface area contributed by atoms with Crippen LogP contribution in [0.3, 0.4) is 0 Å². The molecule has 35 heavy (non-hydrogen) atoms. The van der Waals surface area contributed by atoms with Crippen molar-refractivity contribution in [2.45, 2.75) is 37.9 Å². The van der Waals surface area contributed by atoms with Crippen LogP contribution >= 0.6 is 0 Å². The van der Waals surface area contributed by atoms with Gasteiger partial charge >= 0.3 is 6.18 Å². The fourth-order valence-electron chi connectivity index (χ4n) is 4.42. The summed E-state index contributed by atoms with van der Waals surface area (Å²) >= 11 is 0. The van der Waals surface area contributed by atoms with Gasteiger partial charge in [-0.25, -0.2) is 0 Å². The van der Waals surface area contributed by atoms with Gasteiger partial charge in [-0.2, -0.15) is 13.2 Å². The first-order valence-corrected chi connectivity index (χ1v) is 11.5. The number of amides is 1. The fraction of sp³-hybridized carbons (Fsp3) is 0.480. The molecule has 2 aromatic carbocycles. The molecular formula is C25H30F3N3O4. The summed E-state index contributed by atoms with van der Waals surface area (Å²) in [6.07, 6.45) is -5.56. The van der Waals surface area contributed by atoms with Gasteiger partial charge in [0.15, 0.2) is 11.5 Å². The van der Waals surface area contributed by atoms with Crippen molar-refractivity contribution >= 4 is 5.91 Å². The number of nitrogens with one attached hydrogen (secondary N) is 1. The average molecular weight is 494 g/mol. The van der Waals surface area contributed by atoms with E-state index < -0.39 is 24.7 Å². The molecule has 2 aliphatic rings. The Kier molecular flexibility index (Phi) is 7.83. The standard InChI is InChI=1S/C25H30F3N3O4/c1-30-12-17-6-7-21(33-2)22(11-17)35-19-5-3-4-18(10-19)16-34-23-14-31(9-8-25(26,27)28)13-20(23)29-24(32)15-30/h3-7,10-11,20,23H,8-9,12-16H2,1-2H3,(H,29,32)/t20-,23-/m0/s1. The van der Waals surface area contributed by atoms with Crippen molar-refractivity contribution < 1.29 is 32.2 Å². The molecule has 10 heteroatoms. The van der Waals surface area contributed by atoms with E-state index in [2.05, 4.69) is 5.32 Å². The van der Waals surface area contributed by atoms with Crippen LogP contribution in [0.1, 0.15) is 17.5 Å². The summed E-state index contributed by atoms with van der Waals surface area (Å²) in [5.74, 6) is 1.56. The third-order valence-electron chi connectivity index (χ3n) is 6.08. The number of rotatable bonds is 3. The van der Waals surface area contributed by atoms with E-state index >= 15 is 0 Å². The molecule has 0 aromatic heterocycles. The van der Waals surface area contributed by atoms with Crippen molar-refractivity contribution in [2.24, 2.45) is 0 Å². The summed E-state index contributed by atoms with van der Waals surface area (Å²) in [5.41, 5.74) is 1.79. The van der Waals surface area contributed by atoms with Gasteiger partial charge in [0, 0.05) is 26.2 Å². The Morgan fingerprint density at radius 1 is 1.11 bits per heavy atom.